The number of hydrogen-bond acceptors (Lipinski definition) is 8. The van der Waals surface area contributed by atoms with Crippen LogP contribution in [0.15, 0.2) is 41.7 Å². The van der Waals surface area contributed by atoms with Gasteiger partial charge in [-0.1, -0.05) is 13.8 Å². The summed E-state index contributed by atoms with van der Waals surface area (Å²) in [6.45, 7) is 6.44. The van der Waals surface area contributed by atoms with E-state index in [-0.39, 0.29) is 11.8 Å². The molecule has 0 aromatic carbocycles. The highest BCUT2D eigenvalue weighted by Gasteiger charge is 2.18. The number of carbonyl (C=O) groups excluding carboxylic acids is 1. The molecule has 1 aliphatic heterocycles. The largest absolute Gasteiger partial charge is 0.343 e. The number of hydrogen-bond donors (Lipinski definition) is 2. The van der Waals surface area contributed by atoms with Crippen molar-refractivity contribution in [3.63, 3.8) is 0 Å². The van der Waals surface area contributed by atoms with Gasteiger partial charge in [-0.3, -0.25) is 14.8 Å². The van der Waals surface area contributed by atoms with E-state index in [9.17, 15) is 4.79 Å². The highest BCUT2D eigenvalue weighted by atomic mass is 16.2. The van der Waals surface area contributed by atoms with E-state index >= 15 is 0 Å². The molecule has 3 aromatic heterocycles. The normalized spacial score (nSPS) is 14.9. The molecule has 3 aromatic rings. The molecule has 0 spiro atoms. The van der Waals surface area contributed by atoms with Crippen LogP contribution in [-0.4, -0.2) is 63.0 Å². The smallest absolute Gasteiger partial charge is 0.222 e. The monoisotopic (exact) mass is 458 g/mol. The SMILES string of the molecule is CC(C)c1cnnc(Nc2ccc3ncc(C(C=N)C=NCCCN4CCCC4=O)cc3n2)c1. The number of nitrogens with one attached hydrogen (secondary N) is 2. The van der Waals surface area contributed by atoms with Gasteiger partial charge >= 0.3 is 0 Å². The molecule has 1 saturated heterocycles. The maximum atomic E-state index is 11.7. The van der Waals surface area contributed by atoms with Gasteiger partial charge in [-0.05, 0) is 54.2 Å². The number of anilines is 2. The lowest BCUT2D eigenvalue weighted by Gasteiger charge is -2.14. The van der Waals surface area contributed by atoms with Crippen LogP contribution in [0.3, 0.4) is 0 Å². The topological polar surface area (TPSA) is 120 Å². The zero-order valence-corrected chi connectivity index (χ0v) is 19.6. The summed E-state index contributed by atoms with van der Waals surface area (Å²) in [6.07, 6.45) is 9.10. The molecule has 2 N–H and O–H groups in total. The molecule has 1 atom stereocenters. The summed E-state index contributed by atoms with van der Waals surface area (Å²) in [4.78, 5) is 27.3. The molecule has 0 saturated carbocycles. The number of nitrogens with zero attached hydrogens (tertiary/aromatic N) is 6. The Balaban J connectivity index is 1.43. The Kier molecular flexibility index (Phi) is 7.51. The molecule has 0 radical (unpaired) electrons. The first-order chi connectivity index (χ1) is 16.5. The van der Waals surface area contributed by atoms with Crippen LogP contribution in [0.25, 0.3) is 11.0 Å². The predicted octanol–water partition coefficient (Wildman–Crippen LogP) is 4.10. The number of likely N-dealkylation sites (tertiary alicyclic amines) is 1. The van der Waals surface area contributed by atoms with Gasteiger partial charge in [0.05, 0.1) is 23.1 Å². The van der Waals surface area contributed by atoms with Crippen LogP contribution < -0.4 is 5.32 Å². The van der Waals surface area contributed by atoms with Gasteiger partial charge in [-0.2, -0.15) is 5.10 Å². The van der Waals surface area contributed by atoms with Crippen molar-refractivity contribution in [2.75, 3.05) is 25.0 Å². The minimum atomic E-state index is -0.280. The van der Waals surface area contributed by atoms with Gasteiger partial charge in [0.2, 0.25) is 5.91 Å². The van der Waals surface area contributed by atoms with Gasteiger partial charge in [0.1, 0.15) is 5.82 Å². The molecule has 4 rings (SSSR count). The molecule has 34 heavy (non-hydrogen) atoms. The van der Waals surface area contributed by atoms with Crippen LogP contribution in [-0.2, 0) is 4.79 Å². The van der Waals surface area contributed by atoms with E-state index in [1.165, 1.54) is 6.21 Å². The first kappa shape index (κ1) is 23.4. The van der Waals surface area contributed by atoms with Crippen LogP contribution in [0.5, 0.6) is 0 Å². The molecule has 9 heteroatoms. The number of rotatable bonds is 10. The Morgan fingerprint density at radius 3 is 2.82 bits per heavy atom. The second-order valence-corrected chi connectivity index (χ2v) is 8.74. The number of pyridine rings is 2. The summed E-state index contributed by atoms with van der Waals surface area (Å²) in [5, 5.41) is 19.3. The summed E-state index contributed by atoms with van der Waals surface area (Å²) in [5.41, 5.74) is 3.45. The fourth-order valence-electron chi connectivity index (χ4n) is 3.87. The van der Waals surface area contributed by atoms with Gasteiger partial charge in [0.25, 0.3) is 0 Å². The van der Waals surface area contributed by atoms with Crippen molar-refractivity contribution in [3.05, 3.63) is 47.8 Å². The average molecular weight is 459 g/mol. The molecule has 1 fully saturated rings. The maximum Gasteiger partial charge on any atom is 0.222 e. The van der Waals surface area contributed by atoms with Crippen molar-refractivity contribution < 1.29 is 4.79 Å². The Bertz CT molecular complexity index is 1190. The van der Waals surface area contributed by atoms with Crippen LogP contribution >= 0.6 is 0 Å². The standard InChI is InChI=1S/C25H30N8O/c1-17(2)18-12-24(32-29-16-18)31-23-7-6-21-22(30-23)11-19(15-28-21)20(13-26)14-27-8-4-10-33-9-3-5-25(33)34/h6-7,11-17,20,26H,3-5,8-10H2,1-2H3,(H,30,31,32). The summed E-state index contributed by atoms with van der Waals surface area (Å²) < 4.78 is 0. The highest BCUT2D eigenvalue weighted by molar-refractivity contribution is 5.90. The molecule has 9 nitrogen and oxygen atoms in total. The van der Waals surface area contributed by atoms with E-state index in [2.05, 4.69) is 44.3 Å². The fraction of sp³-hybridized carbons (Fsp3) is 0.400. The lowest BCUT2D eigenvalue weighted by atomic mass is 10.0. The number of fused-ring (bicyclic) bond motifs is 1. The van der Waals surface area contributed by atoms with Crippen molar-refractivity contribution in [1.82, 2.24) is 25.1 Å². The minimum absolute atomic E-state index is 0.240. The van der Waals surface area contributed by atoms with Crippen molar-refractivity contribution in [3.8, 4) is 0 Å². The fourth-order valence-corrected chi connectivity index (χ4v) is 3.87. The summed E-state index contributed by atoms with van der Waals surface area (Å²) >= 11 is 0. The number of carbonyl (C=O) groups is 1. The Hall–Kier alpha value is -3.75. The number of amides is 1. The Labute approximate surface area is 199 Å². The first-order valence-electron chi connectivity index (χ1n) is 11.7. The molecule has 1 aliphatic rings. The third kappa shape index (κ3) is 5.78. The molecule has 1 amide bonds. The van der Waals surface area contributed by atoms with Crippen molar-refractivity contribution in [2.24, 2.45) is 4.99 Å². The van der Waals surface area contributed by atoms with Gasteiger partial charge in [-0.25, -0.2) is 4.98 Å². The third-order valence-electron chi connectivity index (χ3n) is 5.87. The van der Waals surface area contributed by atoms with E-state index in [0.717, 1.165) is 48.1 Å². The maximum absolute atomic E-state index is 11.7. The molecule has 176 valence electrons. The van der Waals surface area contributed by atoms with Crippen LogP contribution in [0.4, 0.5) is 11.6 Å². The minimum Gasteiger partial charge on any atom is -0.343 e. The van der Waals surface area contributed by atoms with Crippen LogP contribution in [0.2, 0.25) is 0 Å². The second kappa shape index (κ2) is 10.9. The van der Waals surface area contributed by atoms with Gasteiger partial charge in [0.15, 0.2) is 5.82 Å². The van der Waals surface area contributed by atoms with E-state index < -0.39 is 0 Å². The van der Waals surface area contributed by atoms with Crippen molar-refractivity contribution in [1.29, 1.82) is 5.41 Å². The average Bonchev–Trinajstić information content (AvgIpc) is 3.25. The van der Waals surface area contributed by atoms with E-state index in [0.29, 0.717) is 30.5 Å². The van der Waals surface area contributed by atoms with Crippen LogP contribution in [0.1, 0.15) is 56.1 Å². The number of aromatic nitrogens is 4. The van der Waals surface area contributed by atoms with Crippen molar-refractivity contribution >= 4 is 41.0 Å². The molecular weight excluding hydrogens is 428 g/mol. The highest BCUT2D eigenvalue weighted by Crippen LogP contribution is 2.22. The predicted molar refractivity (Wildman–Crippen MR) is 134 cm³/mol. The summed E-state index contributed by atoms with van der Waals surface area (Å²) in [5.74, 6) is 1.61. The number of aliphatic imine (C=N–C) groups is 1. The zero-order valence-electron chi connectivity index (χ0n) is 19.6. The molecule has 4 heterocycles. The zero-order chi connectivity index (χ0) is 23.9. The third-order valence-corrected chi connectivity index (χ3v) is 5.87. The van der Waals surface area contributed by atoms with E-state index in [1.807, 2.05) is 29.2 Å². The lowest BCUT2D eigenvalue weighted by molar-refractivity contribution is -0.127. The Morgan fingerprint density at radius 2 is 2.06 bits per heavy atom. The summed E-state index contributed by atoms with van der Waals surface area (Å²) in [6, 6.07) is 7.68. The molecule has 0 aliphatic carbocycles. The molecule has 0 bridgehead atoms. The van der Waals surface area contributed by atoms with Gasteiger partial charge in [-0.15, -0.1) is 5.10 Å². The van der Waals surface area contributed by atoms with Crippen molar-refractivity contribution in [2.45, 2.75) is 44.9 Å². The Morgan fingerprint density at radius 1 is 1.18 bits per heavy atom. The van der Waals surface area contributed by atoms with E-state index in [4.69, 9.17) is 5.41 Å². The molecule has 1 unspecified atom stereocenters. The second-order valence-electron chi connectivity index (χ2n) is 8.74. The van der Waals surface area contributed by atoms with Gasteiger partial charge in [0, 0.05) is 44.7 Å². The van der Waals surface area contributed by atoms with E-state index in [1.54, 1.807) is 18.6 Å². The first-order valence-corrected chi connectivity index (χ1v) is 11.7. The van der Waals surface area contributed by atoms with Crippen LogP contribution in [0, 0.1) is 5.41 Å². The van der Waals surface area contributed by atoms with Gasteiger partial charge < -0.3 is 15.6 Å². The lowest BCUT2D eigenvalue weighted by Crippen LogP contribution is -2.26. The quantitative estimate of drug-likeness (QED) is 0.349. The molecular formula is C25H30N8O. The summed E-state index contributed by atoms with van der Waals surface area (Å²) in [7, 11) is 0.